The fourth-order valence-corrected chi connectivity index (χ4v) is 1.18. The number of hydrogen-bond donors (Lipinski definition) is 1. The summed E-state index contributed by atoms with van der Waals surface area (Å²) < 4.78 is 0. The molecule has 0 rings (SSSR count). The van der Waals surface area contributed by atoms with Crippen LogP contribution in [0.3, 0.4) is 0 Å². The summed E-state index contributed by atoms with van der Waals surface area (Å²) in [5.74, 6) is 0. The lowest BCUT2D eigenvalue weighted by molar-refractivity contribution is 0.262. The highest BCUT2D eigenvalue weighted by Gasteiger charge is 2.20. The van der Waals surface area contributed by atoms with Crippen molar-refractivity contribution in [1.82, 2.24) is 0 Å². The minimum absolute atomic E-state index is 0.444. The Balaban J connectivity index is 0. The van der Waals surface area contributed by atoms with Crippen LogP contribution in [-0.2, 0) is 0 Å². The van der Waals surface area contributed by atoms with Gasteiger partial charge in [0.2, 0.25) is 0 Å². The summed E-state index contributed by atoms with van der Waals surface area (Å²) >= 11 is 0. The molecule has 0 aromatic carbocycles. The molecule has 0 aromatic rings. The van der Waals surface area contributed by atoms with Gasteiger partial charge in [-0.25, -0.2) is 0 Å². The fourth-order valence-electron chi connectivity index (χ4n) is 1.18. The van der Waals surface area contributed by atoms with Gasteiger partial charge in [-0.3, -0.25) is 0 Å². The average Bonchev–Trinajstić information content (AvgIpc) is 2.13. The smallest absolute Gasteiger partial charge is 0.00208 e. The molecule has 70 valence electrons. The molecule has 0 unspecified atom stereocenters. The molecule has 0 aromatic heterocycles. The van der Waals surface area contributed by atoms with Crippen molar-refractivity contribution in [2.24, 2.45) is 11.1 Å². The lowest BCUT2D eigenvalue weighted by Gasteiger charge is -2.28. The lowest BCUT2D eigenvalue weighted by Crippen LogP contribution is -2.28. The standard InChI is InChI=1S/C8H19N.C2H6/c1-4-8(5-2,6-3)7-9;1-2/h4-7,9H2,1-3H3;1-2H3. The molecule has 0 aliphatic carbocycles. The Bertz CT molecular complexity index is 47.8. The molecule has 0 amide bonds. The molecule has 0 heterocycles. The highest BCUT2D eigenvalue weighted by molar-refractivity contribution is 4.74. The van der Waals surface area contributed by atoms with Gasteiger partial charge in [0.1, 0.15) is 0 Å². The van der Waals surface area contributed by atoms with E-state index in [1.807, 2.05) is 13.8 Å². The van der Waals surface area contributed by atoms with E-state index >= 15 is 0 Å². The molecular weight excluding hydrogens is 134 g/mol. The minimum atomic E-state index is 0.444. The van der Waals surface area contributed by atoms with Crippen LogP contribution in [0.25, 0.3) is 0 Å². The first-order valence-electron chi connectivity index (χ1n) is 4.94. The van der Waals surface area contributed by atoms with Gasteiger partial charge in [-0.05, 0) is 31.2 Å². The Hall–Kier alpha value is -0.0400. The van der Waals surface area contributed by atoms with E-state index in [9.17, 15) is 0 Å². The van der Waals surface area contributed by atoms with Gasteiger partial charge in [-0.2, -0.15) is 0 Å². The predicted octanol–water partition coefficient (Wildman–Crippen LogP) is 3.19. The molecule has 0 aliphatic heterocycles. The maximum absolute atomic E-state index is 5.64. The monoisotopic (exact) mass is 159 g/mol. The van der Waals surface area contributed by atoms with Crippen LogP contribution in [0, 0.1) is 5.41 Å². The summed E-state index contributed by atoms with van der Waals surface area (Å²) in [6, 6.07) is 0. The van der Waals surface area contributed by atoms with Crippen LogP contribution in [0.1, 0.15) is 53.9 Å². The molecular formula is C10H25N. The summed E-state index contributed by atoms with van der Waals surface area (Å²) in [5.41, 5.74) is 6.08. The van der Waals surface area contributed by atoms with E-state index in [2.05, 4.69) is 20.8 Å². The molecule has 1 nitrogen and oxygen atoms in total. The third-order valence-corrected chi connectivity index (χ3v) is 2.68. The fraction of sp³-hybridized carbons (Fsp3) is 1.00. The maximum Gasteiger partial charge on any atom is -0.00208 e. The van der Waals surface area contributed by atoms with E-state index in [0.717, 1.165) is 6.54 Å². The quantitative estimate of drug-likeness (QED) is 0.670. The highest BCUT2D eigenvalue weighted by Crippen LogP contribution is 2.28. The van der Waals surface area contributed by atoms with Gasteiger partial charge in [0.15, 0.2) is 0 Å². The van der Waals surface area contributed by atoms with Crippen molar-refractivity contribution in [3.05, 3.63) is 0 Å². The van der Waals surface area contributed by atoms with Crippen molar-refractivity contribution in [2.45, 2.75) is 53.9 Å². The van der Waals surface area contributed by atoms with Gasteiger partial charge in [-0.1, -0.05) is 34.6 Å². The highest BCUT2D eigenvalue weighted by atomic mass is 14.6. The van der Waals surface area contributed by atoms with Gasteiger partial charge in [0.05, 0.1) is 0 Å². The molecule has 0 spiro atoms. The van der Waals surface area contributed by atoms with Crippen molar-refractivity contribution in [1.29, 1.82) is 0 Å². The molecule has 0 aliphatic rings. The third-order valence-electron chi connectivity index (χ3n) is 2.68. The average molecular weight is 159 g/mol. The molecule has 0 bridgehead atoms. The Kier molecular flexibility index (Phi) is 9.92. The van der Waals surface area contributed by atoms with Gasteiger partial charge in [0, 0.05) is 0 Å². The van der Waals surface area contributed by atoms with Crippen molar-refractivity contribution < 1.29 is 0 Å². The van der Waals surface area contributed by atoms with E-state index in [-0.39, 0.29) is 0 Å². The van der Waals surface area contributed by atoms with Crippen LogP contribution in [0.15, 0.2) is 0 Å². The molecule has 0 saturated heterocycles. The molecule has 0 atom stereocenters. The largest absolute Gasteiger partial charge is 0.330 e. The Morgan fingerprint density at radius 1 is 0.909 bits per heavy atom. The lowest BCUT2D eigenvalue weighted by atomic mass is 9.80. The summed E-state index contributed by atoms with van der Waals surface area (Å²) in [7, 11) is 0. The number of rotatable bonds is 4. The summed E-state index contributed by atoms with van der Waals surface area (Å²) in [6.45, 7) is 11.5. The summed E-state index contributed by atoms with van der Waals surface area (Å²) in [6.07, 6.45) is 3.66. The Morgan fingerprint density at radius 2 is 1.18 bits per heavy atom. The minimum Gasteiger partial charge on any atom is -0.330 e. The number of hydrogen-bond acceptors (Lipinski definition) is 1. The zero-order valence-corrected chi connectivity index (χ0v) is 8.91. The summed E-state index contributed by atoms with van der Waals surface area (Å²) in [5, 5.41) is 0. The molecule has 0 fully saturated rings. The van der Waals surface area contributed by atoms with E-state index in [1.54, 1.807) is 0 Å². The van der Waals surface area contributed by atoms with Crippen LogP contribution in [0.5, 0.6) is 0 Å². The van der Waals surface area contributed by atoms with E-state index in [4.69, 9.17) is 5.73 Å². The first-order valence-corrected chi connectivity index (χ1v) is 4.94. The van der Waals surface area contributed by atoms with Crippen LogP contribution in [0.2, 0.25) is 0 Å². The SMILES string of the molecule is CC.CCC(CC)(CC)CN. The zero-order chi connectivity index (χ0) is 9.33. The third kappa shape index (κ3) is 4.41. The first kappa shape index (κ1) is 13.5. The molecule has 2 N–H and O–H groups in total. The van der Waals surface area contributed by atoms with Gasteiger partial charge in [0.25, 0.3) is 0 Å². The Labute approximate surface area is 72.4 Å². The van der Waals surface area contributed by atoms with E-state index < -0.39 is 0 Å². The van der Waals surface area contributed by atoms with Gasteiger partial charge >= 0.3 is 0 Å². The van der Waals surface area contributed by atoms with Crippen molar-refractivity contribution in [3.63, 3.8) is 0 Å². The van der Waals surface area contributed by atoms with Crippen molar-refractivity contribution in [3.8, 4) is 0 Å². The van der Waals surface area contributed by atoms with Gasteiger partial charge in [-0.15, -0.1) is 0 Å². The predicted molar refractivity (Wildman–Crippen MR) is 53.7 cm³/mol. The van der Waals surface area contributed by atoms with Crippen molar-refractivity contribution in [2.75, 3.05) is 6.54 Å². The zero-order valence-electron chi connectivity index (χ0n) is 8.91. The number of nitrogens with two attached hydrogens (primary N) is 1. The van der Waals surface area contributed by atoms with Crippen LogP contribution >= 0.6 is 0 Å². The Morgan fingerprint density at radius 3 is 1.18 bits per heavy atom. The molecule has 11 heavy (non-hydrogen) atoms. The second kappa shape index (κ2) is 8.06. The van der Waals surface area contributed by atoms with Crippen LogP contribution < -0.4 is 5.73 Å². The van der Waals surface area contributed by atoms with Gasteiger partial charge < -0.3 is 5.73 Å². The van der Waals surface area contributed by atoms with E-state index in [0.29, 0.717) is 5.41 Å². The van der Waals surface area contributed by atoms with Crippen LogP contribution in [0.4, 0.5) is 0 Å². The normalized spacial score (nSPS) is 10.4. The second-order valence-electron chi connectivity index (χ2n) is 2.76. The summed E-state index contributed by atoms with van der Waals surface area (Å²) in [4.78, 5) is 0. The van der Waals surface area contributed by atoms with Crippen molar-refractivity contribution >= 4 is 0 Å². The molecule has 0 saturated carbocycles. The van der Waals surface area contributed by atoms with Crippen LogP contribution in [-0.4, -0.2) is 6.54 Å². The first-order chi connectivity index (χ1) is 5.24. The maximum atomic E-state index is 5.64. The molecule has 0 radical (unpaired) electrons. The topological polar surface area (TPSA) is 26.0 Å². The molecule has 1 heteroatoms. The second-order valence-corrected chi connectivity index (χ2v) is 2.76. The van der Waals surface area contributed by atoms with E-state index in [1.165, 1.54) is 19.3 Å².